The smallest absolute Gasteiger partial charge is 0.451 e. The number of carbonyl (C=O) groups is 1. The van der Waals surface area contributed by atoms with Gasteiger partial charge in [0.15, 0.2) is 0 Å². The van der Waals surface area contributed by atoms with Gasteiger partial charge in [-0.1, -0.05) is 0 Å². The summed E-state index contributed by atoms with van der Waals surface area (Å²) in [7, 11) is 2.00. The third-order valence-corrected chi connectivity index (χ3v) is 5.74. The highest BCUT2D eigenvalue weighted by atomic mass is 32.1. The fourth-order valence-electron chi connectivity index (χ4n) is 3.20. The van der Waals surface area contributed by atoms with E-state index in [-0.39, 0.29) is 12.6 Å². The molecule has 0 aliphatic carbocycles. The summed E-state index contributed by atoms with van der Waals surface area (Å²) in [5, 5.41) is 3.46. The quantitative estimate of drug-likeness (QED) is 0.602. The van der Waals surface area contributed by atoms with E-state index in [2.05, 4.69) is 25.2 Å². The van der Waals surface area contributed by atoms with Gasteiger partial charge in [0.05, 0.1) is 0 Å². The number of amides is 1. The average Bonchev–Trinajstić information content (AvgIpc) is 3.17. The predicted molar refractivity (Wildman–Crippen MR) is 112 cm³/mol. The van der Waals surface area contributed by atoms with Crippen molar-refractivity contribution in [2.75, 3.05) is 20.1 Å². The summed E-state index contributed by atoms with van der Waals surface area (Å²) < 4.78 is 43.8. The van der Waals surface area contributed by atoms with Gasteiger partial charge in [-0.3, -0.25) is 9.69 Å². The zero-order chi connectivity index (χ0) is 22.9. The Hall–Kier alpha value is -3.05. The first kappa shape index (κ1) is 22.2. The minimum atomic E-state index is -4.61. The van der Waals surface area contributed by atoms with Crippen molar-refractivity contribution in [2.24, 2.45) is 0 Å². The number of hydrogen-bond donors (Lipinski definition) is 1. The number of nitrogens with one attached hydrogen (secondary N) is 1. The van der Waals surface area contributed by atoms with Crippen molar-refractivity contribution in [3.8, 4) is 16.3 Å². The molecule has 3 heterocycles. The van der Waals surface area contributed by atoms with Crippen LogP contribution in [0.1, 0.15) is 26.6 Å². The number of nitrogens with zero attached hydrogens (tertiary/aromatic N) is 4. The Bertz CT molecular complexity index is 1110. The molecule has 0 bridgehead atoms. The second kappa shape index (κ2) is 8.83. The highest BCUT2D eigenvalue weighted by Crippen LogP contribution is 2.30. The molecule has 0 unspecified atom stereocenters. The first-order valence-electron chi connectivity index (χ1n) is 9.77. The Balaban J connectivity index is 1.51. The summed E-state index contributed by atoms with van der Waals surface area (Å²) in [5.41, 5.74) is 1.48. The largest absolute Gasteiger partial charge is 0.488 e. The van der Waals surface area contributed by atoms with E-state index >= 15 is 0 Å². The molecule has 1 fully saturated rings. The van der Waals surface area contributed by atoms with E-state index in [9.17, 15) is 18.0 Å². The Morgan fingerprint density at radius 2 is 1.91 bits per heavy atom. The minimum Gasteiger partial charge on any atom is -0.488 e. The zero-order valence-electron chi connectivity index (χ0n) is 17.3. The number of halogens is 3. The van der Waals surface area contributed by atoms with E-state index in [1.807, 2.05) is 20.0 Å². The third-order valence-electron chi connectivity index (χ3n) is 4.78. The lowest BCUT2D eigenvalue weighted by atomic mass is 10.1. The SMILES string of the molecule is Cc1cnc(-c2cc(OC3CN(C)C3)cc(C(=O)NCc3cnc(C(F)(F)F)nc3)c2)s1. The molecule has 1 aliphatic heterocycles. The Labute approximate surface area is 186 Å². The predicted octanol–water partition coefficient (Wildman–Crippen LogP) is 3.55. The van der Waals surface area contributed by atoms with Crippen LogP contribution in [0.4, 0.5) is 13.2 Å². The van der Waals surface area contributed by atoms with Crippen molar-refractivity contribution in [1.82, 2.24) is 25.2 Å². The molecule has 7 nitrogen and oxygen atoms in total. The van der Waals surface area contributed by atoms with Crippen LogP contribution in [-0.4, -0.2) is 52.0 Å². The summed E-state index contributed by atoms with van der Waals surface area (Å²) in [6, 6.07) is 5.23. The van der Waals surface area contributed by atoms with Gasteiger partial charge in [0.2, 0.25) is 5.82 Å². The lowest BCUT2D eigenvalue weighted by Gasteiger charge is -2.36. The van der Waals surface area contributed by atoms with Crippen LogP contribution in [0.5, 0.6) is 5.75 Å². The van der Waals surface area contributed by atoms with E-state index in [0.29, 0.717) is 16.9 Å². The summed E-state index contributed by atoms with van der Waals surface area (Å²) in [6.07, 6.45) is -0.701. The molecule has 0 radical (unpaired) electrons. The van der Waals surface area contributed by atoms with Crippen LogP contribution < -0.4 is 10.1 Å². The highest BCUT2D eigenvalue weighted by molar-refractivity contribution is 7.14. The molecule has 11 heteroatoms. The number of likely N-dealkylation sites (N-methyl/N-ethyl adjacent to an activating group) is 1. The van der Waals surface area contributed by atoms with Crippen molar-refractivity contribution in [2.45, 2.75) is 25.7 Å². The molecule has 3 aromatic rings. The van der Waals surface area contributed by atoms with Gasteiger partial charge in [0.1, 0.15) is 16.9 Å². The second-order valence-electron chi connectivity index (χ2n) is 7.58. The van der Waals surface area contributed by atoms with Gasteiger partial charge in [0.25, 0.3) is 5.91 Å². The topological polar surface area (TPSA) is 80.2 Å². The van der Waals surface area contributed by atoms with Crippen molar-refractivity contribution < 1.29 is 22.7 Å². The molecule has 32 heavy (non-hydrogen) atoms. The number of likely N-dealkylation sites (tertiary alicyclic amines) is 1. The van der Waals surface area contributed by atoms with Crippen LogP contribution in [0, 0.1) is 6.92 Å². The highest BCUT2D eigenvalue weighted by Gasteiger charge is 2.34. The first-order valence-corrected chi connectivity index (χ1v) is 10.6. The average molecular weight is 463 g/mol. The van der Waals surface area contributed by atoms with Crippen LogP contribution in [0.15, 0.2) is 36.8 Å². The maximum absolute atomic E-state index is 12.8. The van der Waals surface area contributed by atoms with E-state index in [1.54, 1.807) is 18.3 Å². The standard InChI is InChI=1S/C21H20F3N5O2S/c1-12-6-26-19(32-12)15-3-14(4-16(5-15)31-17-10-29(2)11-17)18(30)25-7-13-8-27-20(28-9-13)21(22,23)24/h3-6,8-9,17H,7,10-11H2,1-2H3,(H,25,30). The lowest BCUT2D eigenvalue weighted by molar-refractivity contribution is -0.145. The number of hydrogen-bond acceptors (Lipinski definition) is 7. The summed E-state index contributed by atoms with van der Waals surface area (Å²) >= 11 is 1.51. The van der Waals surface area contributed by atoms with Crippen LogP contribution in [0.2, 0.25) is 0 Å². The number of aryl methyl sites for hydroxylation is 1. The van der Waals surface area contributed by atoms with Crippen LogP contribution in [-0.2, 0) is 12.7 Å². The number of ether oxygens (including phenoxy) is 1. The minimum absolute atomic E-state index is 0.0127. The maximum Gasteiger partial charge on any atom is 0.451 e. The van der Waals surface area contributed by atoms with Gasteiger partial charge in [-0.05, 0) is 32.2 Å². The Kier molecular flexibility index (Phi) is 6.11. The molecule has 0 saturated carbocycles. The fourth-order valence-corrected chi connectivity index (χ4v) is 3.95. The van der Waals surface area contributed by atoms with Crippen LogP contribution in [0.3, 0.4) is 0 Å². The van der Waals surface area contributed by atoms with Gasteiger partial charge in [-0.25, -0.2) is 15.0 Å². The molecular weight excluding hydrogens is 443 g/mol. The molecule has 4 rings (SSSR count). The normalized spacial score (nSPS) is 14.8. The molecule has 2 aromatic heterocycles. The molecule has 0 atom stereocenters. The zero-order valence-corrected chi connectivity index (χ0v) is 18.1. The van der Waals surface area contributed by atoms with Gasteiger partial charge in [0, 0.05) is 59.8 Å². The van der Waals surface area contributed by atoms with Gasteiger partial charge < -0.3 is 10.1 Å². The molecule has 168 valence electrons. The molecule has 1 aromatic carbocycles. The number of rotatable bonds is 6. The van der Waals surface area contributed by atoms with E-state index < -0.39 is 17.9 Å². The monoisotopic (exact) mass is 463 g/mol. The van der Waals surface area contributed by atoms with Crippen molar-refractivity contribution in [3.63, 3.8) is 0 Å². The maximum atomic E-state index is 12.8. The number of thiazole rings is 1. The number of alkyl halides is 3. The Morgan fingerprint density at radius 1 is 1.19 bits per heavy atom. The number of carbonyl (C=O) groups excluding carboxylic acids is 1. The Morgan fingerprint density at radius 3 is 2.50 bits per heavy atom. The number of aromatic nitrogens is 3. The van der Waals surface area contributed by atoms with Crippen LogP contribution in [0.25, 0.3) is 10.6 Å². The lowest BCUT2D eigenvalue weighted by Crippen LogP contribution is -2.51. The van der Waals surface area contributed by atoms with Gasteiger partial charge in [-0.2, -0.15) is 13.2 Å². The second-order valence-corrected chi connectivity index (χ2v) is 8.81. The van der Waals surface area contributed by atoms with E-state index in [4.69, 9.17) is 4.74 Å². The summed E-state index contributed by atoms with van der Waals surface area (Å²) in [6.45, 7) is 3.54. The van der Waals surface area contributed by atoms with Crippen molar-refractivity contribution in [3.05, 3.63) is 58.6 Å². The molecule has 1 amide bonds. The molecular formula is C21H20F3N5O2S. The van der Waals surface area contributed by atoms with Crippen LogP contribution >= 0.6 is 11.3 Å². The first-order chi connectivity index (χ1) is 15.2. The summed E-state index contributed by atoms with van der Waals surface area (Å²) in [4.78, 5) is 27.0. The fraction of sp³-hybridized carbons (Fsp3) is 0.333. The third kappa shape index (κ3) is 5.22. The van der Waals surface area contributed by atoms with Gasteiger partial charge >= 0.3 is 6.18 Å². The number of benzene rings is 1. The molecule has 1 N–H and O–H groups in total. The molecule has 1 saturated heterocycles. The van der Waals surface area contributed by atoms with Crippen molar-refractivity contribution in [1.29, 1.82) is 0 Å². The summed E-state index contributed by atoms with van der Waals surface area (Å²) in [5.74, 6) is -1.05. The van der Waals surface area contributed by atoms with Gasteiger partial charge in [-0.15, -0.1) is 11.3 Å². The van der Waals surface area contributed by atoms with Crippen molar-refractivity contribution >= 4 is 17.2 Å². The van der Waals surface area contributed by atoms with E-state index in [0.717, 1.165) is 40.9 Å². The van der Waals surface area contributed by atoms with E-state index in [1.165, 1.54) is 11.3 Å². The molecule has 0 spiro atoms. The molecule has 1 aliphatic rings.